The van der Waals surface area contributed by atoms with Crippen molar-refractivity contribution in [2.75, 3.05) is 7.11 Å². The molecule has 0 aliphatic rings. The Bertz CT molecular complexity index is 651. The summed E-state index contributed by atoms with van der Waals surface area (Å²) in [5, 5.41) is 3.55. The van der Waals surface area contributed by atoms with Crippen LogP contribution in [0, 0.1) is 0 Å². The van der Waals surface area contributed by atoms with E-state index in [1.165, 1.54) is 13.2 Å². The molecule has 0 saturated carbocycles. The number of benzene rings is 1. The Labute approximate surface area is 132 Å². The summed E-state index contributed by atoms with van der Waals surface area (Å²) in [5.41, 5.74) is 0.628. The Morgan fingerprint density at radius 3 is 2.90 bits per heavy atom. The van der Waals surface area contributed by atoms with Crippen molar-refractivity contribution in [3.8, 4) is 5.75 Å². The first kappa shape index (κ1) is 15.5. The minimum atomic E-state index is -0.260. The second-order valence-electron chi connectivity index (χ2n) is 4.14. The molecule has 4 nitrogen and oxygen atoms in total. The Morgan fingerprint density at radius 1 is 1.43 bits per heavy atom. The first-order chi connectivity index (χ1) is 10.1. The van der Waals surface area contributed by atoms with Gasteiger partial charge >= 0.3 is 0 Å². The molecule has 2 aromatic rings. The van der Waals surface area contributed by atoms with Crippen molar-refractivity contribution >= 4 is 35.2 Å². The second kappa shape index (κ2) is 7.20. The Morgan fingerprint density at radius 2 is 2.24 bits per heavy atom. The van der Waals surface area contributed by atoms with E-state index in [0.717, 1.165) is 0 Å². The third-order valence-corrected chi connectivity index (χ3v) is 3.17. The van der Waals surface area contributed by atoms with Gasteiger partial charge in [-0.05, 0) is 30.3 Å². The Hall–Kier alpha value is -1.91. The SMILES string of the molecule is COc1c(Cl)cc(Cl)cc1C=CC(=O)NCc1ccco1. The predicted octanol–water partition coefficient (Wildman–Crippen LogP) is 3.92. The lowest BCUT2D eigenvalue weighted by Gasteiger charge is -2.07. The topological polar surface area (TPSA) is 51.5 Å². The first-order valence-corrected chi connectivity index (χ1v) is 6.87. The van der Waals surface area contributed by atoms with Gasteiger partial charge in [-0.25, -0.2) is 0 Å². The number of amides is 1. The third-order valence-electron chi connectivity index (χ3n) is 2.67. The summed E-state index contributed by atoms with van der Waals surface area (Å²) >= 11 is 12.0. The highest BCUT2D eigenvalue weighted by atomic mass is 35.5. The molecule has 0 aliphatic heterocycles. The van der Waals surface area contributed by atoms with Crippen molar-refractivity contribution < 1.29 is 13.9 Å². The van der Waals surface area contributed by atoms with Crippen molar-refractivity contribution in [2.24, 2.45) is 0 Å². The Kier molecular flexibility index (Phi) is 5.31. The van der Waals surface area contributed by atoms with E-state index in [1.807, 2.05) is 0 Å². The van der Waals surface area contributed by atoms with E-state index in [9.17, 15) is 4.79 Å². The van der Waals surface area contributed by atoms with Gasteiger partial charge in [0.05, 0.1) is 24.9 Å². The molecule has 6 heteroatoms. The summed E-state index contributed by atoms with van der Waals surface area (Å²) in [6, 6.07) is 6.79. The lowest BCUT2D eigenvalue weighted by molar-refractivity contribution is -0.116. The van der Waals surface area contributed by atoms with Gasteiger partial charge in [-0.1, -0.05) is 23.2 Å². The molecule has 21 heavy (non-hydrogen) atoms. The number of furan rings is 1. The third kappa shape index (κ3) is 4.28. The summed E-state index contributed by atoms with van der Waals surface area (Å²) in [6.45, 7) is 0.323. The smallest absolute Gasteiger partial charge is 0.244 e. The zero-order chi connectivity index (χ0) is 15.2. The number of nitrogens with one attached hydrogen (secondary N) is 1. The number of rotatable bonds is 5. The van der Waals surface area contributed by atoms with E-state index in [2.05, 4.69) is 5.32 Å². The molecule has 1 N–H and O–H groups in total. The van der Waals surface area contributed by atoms with Crippen LogP contribution in [0.15, 0.2) is 41.0 Å². The second-order valence-corrected chi connectivity index (χ2v) is 4.98. The minimum absolute atomic E-state index is 0.260. The normalized spacial score (nSPS) is 10.8. The zero-order valence-corrected chi connectivity index (χ0v) is 12.7. The fourth-order valence-corrected chi connectivity index (χ4v) is 2.32. The largest absolute Gasteiger partial charge is 0.495 e. The summed E-state index contributed by atoms with van der Waals surface area (Å²) in [7, 11) is 1.50. The van der Waals surface area contributed by atoms with Crippen LogP contribution >= 0.6 is 23.2 Å². The molecule has 0 fully saturated rings. The average Bonchev–Trinajstić information content (AvgIpc) is 2.95. The predicted molar refractivity (Wildman–Crippen MR) is 82.6 cm³/mol. The summed E-state index contributed by atoms with van der Waals surface area (Å²) in [4.78, 5) is 11.7. The molecule has 1 aromatic carbocycles. The van der Waals surface area contributed by atoms with E-state index in [-0.39, 0.29) is 5.91 Å². The molecule has 0 atom stereocenters. The molecule has 0 unspecified atom stereocenters. The van der Waals surface area contributed by atoms with E-state index in [4.69, 9.17) is 32.4 Å². The van der Waals surface area contributed by atoms with Crippen LogP contribution in [0.3, 0.4) is 0 Å². The van der Waals surface area contributed by atoms with Crippen LogP contribution in [0.25, 0.3) is 6.08 Å². The molecule has 0 aliphatic carbocycles. The van der Waals surface area contributed by atoms with Crippen LogP contribution < -0.4 is 10.1 Å². The highest BCUT2D eigenvalue weighted by Crippen LogP contribution is 2.32. The molecule has 0 bridgehead atoms. The molecule has 1 aromatic heterocycles. The first-order valence-electron chi connectivity index (χ1n) is 6.11. The van der Waals surface area contributed by atoms with Crippen LogP contribution in [0.5, 0.6) is 5.75 Å². The van der Waals surface area contributed by atoms with Gasteiger partial charge in [0, 0.05) is 16.7 Å². The summed E-state index contributed by atoms with van der Waals surface area (Å²) < 4.78 is 10.3. The van der Waals surface area contributed by atoms with Crippen LogP contribution in [-0.4, -0.2) is 13.0 Å². The van der Waals surface area contributed by atoms with Crippen molar-refractivity contribution in [3.05, 3.63) is 58.0 Å². The lowest BCUT2D eigenvalue weighted by atomic mass is 10.2. The van der Waals surface area contributed by atoms with E-state index < -0.39 is 0 Å². The monoisotopic (exact) mass is 325 g/mol. The van der Waals surface area contributed by atoms with Gasteiger partial charge in [0.25, 0.3) is 0 Å². The van der Waals surface area contributed by atoms with Crippen LogP contribution in [0.2, 0.25) is 10.0 Å². The lowest BCUT2D eigenvalue weighted by Crippen LogP contribution is -2.19. The van der Waals surface area contributed by atoms with E-state index >= 15 is 0 Å². The highest BCUT2D eigenvalue weighted by molar-refractivity contribution is 6.35. The van der Waals surface area contributed by atoms with Gasteiger partial charge in [-0.2, -0.15) is 0 Å². The van der Waals surface area contributed by atoms with Gasteiger partial charge in [0.2, 0.25) is 5.91 Å². The van der Waals surface area contributed by atoms with E-state index in [0.29, 0.717) is 33.7 Å². The van der Waals surface area contributed by atoms with Crippen molar-refractivity contribution in [3.63, 3.8) is 0 Å². The Balaban J connectivity index is 2.04. The van der Waals surface area contributed by atoms with Crippen LogP contribution in [0.1, 0.15) is 11.3 Å². The molecule has 1 heterocycles. The van der Waals surface area contributed by atoms with Gasteiger partial charge in [-0.15, -0.1) is 0 Å². The van der Waals surface area contributed by atoms with Gasteiger partial charge < -0.3 is 14.5 Å². The standard InChI is InChI=1S/C15H13Cl2NO3/c1-20-15-10(7-11(16)8-13(15)17)4-5-14(19)18-9-12-3-2-6-21-12/h2-8H,9H2,1H3,(H,18,19). The number of ether oxygens (including phenoxy) is 1. The number of carbonyl (C=O) groups is 1. The average molecular weight is 326 g/mol. The number of halogens is 2. The molecule has 110 valence electrons. The molecular formula is C15H13Cl2NO3. The highest BCUT2D eigenvalue weighted by Gasteiger charge is 2.08. The van der Waals surface area contributed by atoms with Gasteiger partial charge in [-0.3, -0.25) is 4.79 Å². The maximum Gasteiger partial charge on any atom is 0.244 e. The van der Waals surface area contributed by atoms with Crippen molar-refractivity contribution in [2.45, 2.75) is 6.54 Å². The fourth-order valence-electron chi connectivity index (χ4n) is 1.73. The molecule has 0 saturated heterocycles. The van der Waals surface area contributed by atoms with Gasteiger partial charge in [0.15, 0.2) is 0 Å². The number of methoxy groups -OCH3 is 1. The summed E-state index contributed by atoms with van der Waals surface area (Å²) in [5.74, 6) is 0.890. The molecule has 2 rings (SSSR count). The van der Waals surface area contributed by atoms with Crippen molar-refractivity contribution in [1.82, 2.24) is 5.32 Å². The number of hydrogen-bond acceptors (Lipinski definition) is 3. The van der Waals surface area contributed by atoms with Crippen LogP contribution in [-0.2, 0) is 11.3 Å². The minimum Gasteiger partial charge on any atom is -0.495 e. The van der Waals surface area contributed by atoms with Crippen LogP contribution in [0.4, 0.5) is 0 Å². The number of hydrogen-bond donors (Lipinski definition) is 1. The molecular weight excluding hydrogens is 313 g/mol. The maximum atomic E-state index is 11.7. The molecule has 1 amide bonds. The number of carbonyl (C=O) groups excluding carboxylic acids is 1. The molecule has 0 radical (unpaired) electrons. The van der Waals surface area contributed by atoms with E-state index in [1.54, 1.807) is 36.6 Å². The quantitative estimate of drug-likeness (QED) is 0.847. The maximum absolute atomic E-state index is 11.7. The fraction of sp³-hybridized carbons (Fsp3) is 0.133. The zero-order valence-electron chi connectivity index (χ0n) is 11.2. The summed E-state index contributed by atoms with van der Waals surface area (Å²) in [6.07, 6.45) is 4.53. The van der Waals surface area contributed by atoms with Gasteiger partial charge in [0.1, 0.15) is 11.5 Å². The van der Waals surface area contributed by atoms with Crippen molar-refractivity contribution in [1.29, 1.82) is 0 Å². The molecule has 0 spiro atoms.